The second-order valence-corrected chi connectivity index (χ2v) is 7.85. The van der Waals surface area contributed by atoms with Crippen molar-refractivity contribution >= 4 is 27.0 Å². The molecule has 0 aliphatic rings. The number of rotatable bonds is 5. The third kappa shape index (κ3) is 3.54. The van der Waals surface area contributed by atoms with Crippen LogP contribution in [0.3, 0.4) is 0 Å². The molecule has 0 bridgehead atoms. The number of carbonyl (C=O) groups excluding carboxylic acids is 1. The van der Waals surface area contributed by atoms with Crippen molar-refractivity contribution in [3.8, 4) is 0 Å². The van der Waals surface area contributed by atoms with Gasteiger partial charge in [0, 0.05) is 19.7 Å². The average Bonchev–Trinajstić information content (AvgIpc) is 3.02. The summed E-state index contributed by atoms with van der Waals surface area (Å²) in [7, 11) is -0.580. The summed E-state index contributed by atoms with van der Waals surface area (Å²) in [5, 5.41) is 2.76. The molecule has 2 N–H and O–H groups in total. The Kier molecular flexibility index (Phi) is 4.56. The van der Waals surface area contributed by atoms with Gasteiger partial charge in [-0.05, 0) is 36.4 Å². The number of para-hydroxylation sites is 2. The van der Waals surface area contributed by atoms with E-state index in [0.717, 1.165) is 15.3 Å². The number of imidazole rings is 1. The fourth-order valence-electron chi connectivity index (χ4n) is 2.34. The second-order valence-electron chi connectivity index (χ2n) is 5.70. The van der Waals surface area contributed by atoms with E-state index in [0.29, 0.717) is 11.4 Å². The normalized spacial score (nSPS) is 11.8. The maximum Gasteiger partial charge on any atom is 0.251 e. The SMILES string of the molecule is CN(C)S(=O)(=O)c1ccc(C(=O)NCc2nc3ccccc3[nH]2)cc1. The van der Waals surface area contributed by atoms with Crippen LogP contribution in [-0.4, -0.2) is 42.7 Å². The highest BCUT2D eigenvalue weighted by molar-refractivity contribution is 7.89. The second kappa shape index (κ2) is 6.66. The van der Waals surface area contributed by atoms with Gasteiger partial charge in [-0.15, -0.1) is 0 Å². The highest BCUT2D eigenvalue weighted by Gasteiger charge is 2.17. The first-order valence-corrected chi connectivity index (χ1v) is 9.06. The number of nitrogens with one attached hydrogen (secondary N) is 2. The Balaban J connectivity index is 1.69. The van der Waals surface area contributed by atoms with Gasteiger partial charge in [-0.1, -0.05) is 12.1 Å². The number of aromatic nitrogens is 2. The van der Waals surface area contributed by atoms with Crippen molar-refractivity contribution in [2.45, 2.75) is 11.4 Å². The quantitative estimate of drug-likeness (QED) is 0.726. The van der Waals surface area contributed by atoms with Crippen molar-refractivity contribution < 1.29 is 13.2 Å². The molecule has 0 saturated heterocycles. The van der Waals surface area contributed by atoms with Crippen LogP contribution in [0.15, 0.2) is 53.4 Å². The Morgan fingerprint density at radius 1 is 1.12 bits per heavy atom. The van der Waals surface area contributed by atoms with E-state index in [1.54, 1.807) is 0 Å². The van der Waals surface area contributed by atoms with E-state index in [-0.39, 0.29) is 17.3 Å². The van der Waals surface area contributed by atoms with Crippen LogP contribution in [0.1, 0.15) is 16.2 Å². The van der Waals surface area contributed by atoms with Gasteiger partial charge in [0.2, 0.25) is 10.0 Å². The summed E-state index contributed by atoms with van der Waals surface area (Å²) in [5.74, 6) is 0.357. The van der Waals surface area contributed by atoms with Gasteiger partial charge in [-0.25, -0.2) is 17.7 Å². The summed E-state index contributed by atoms with van der Waals surface area (Å²) in [6, 6.07) is 13.4. The molecule has 1 aromatic heterocycles. The molecule has 0 radical (unpaired) electrons. The van der Waals surface area contributed by atoms with Crippen molar-refractivity contribution in [3.63, 3.8) is 0 Å². The molecule has 7 nitrogen and oxygen atoms in total. The lowest BCUT2D eigenvalue weighted by Crippen LogP contribution is -2.24. The summed E-state index contributed by atoms with van der Waals surface area (Å²) in [4.78, 5) is 19.9. The van der Waals surface area contributed by atoms with Gasteiger partial charge in [-0.2, -0.15) is 0 Å². The molecule has 0 atom stereocenters. The average molecular weight is 358 g/mol. The number of amides is 1. The van der Waals surface area contributed by atoms with E-state index in [9.17, 15) is 13.2 Å². The minimum atomic E-state index is -3.50. The summed E-state index contributed by atoms with van der Waals surface area (Å²) in [6.07, 6.45) is 0. The van der Waals surface area contributed by atoms with Crippen LogP contribution < -0.4 is 5.32 Å². The van der Waals surface area contributed by atoms with Crippen molar-refractivity contribution in [1.82, 2.24) is 19.6 Å². The molecule has 130 valence electrons. The molecular formula is C17H18N4O3S. The first-order valence-electron chi connectivity index (χ1n) is 7.62. The molecule has 0 fully saturated rings. The molecule has 1 amide bonds. The zero-order valence-electron chi connectivity index (χ0n) is 13.9. The van der Waals surface area contributed by atoms with Crippen molar-refractivity contribution in [2.24, 2.45) is 0 Å². The van der Waals surface area contributed by atoms with Crippen LogP contribution >= 0.6 is 0 Å². The van der Waals surface area contributed by atoms with Crippen molar-refractivity contribution in [3.05, 3.63) is 59.9 Å². The zero-order chi connectivity index (χ0) is 18.0. The van der Waals surface area contributed by atoms with Gasteiger partial charge in [0.1, 0.15) is 5.82 Å². The minimum absolute atomic E-state index is 0.145. The molecule has 8 heteroatoms. The molecule has 0 aliphatic carbocycles. The van der Waals surface area contributed by atoms with E-state index in [1.165, 1.54) is 38.4 Å². The fraction of sp³-hybridized carbons (Fsp3) is 0.176. The molecular weight excluding hydrogens is 340 g/mol. The monoisotopic (exact) mass is 358 g/mol. The van der Waals surface area contributed by atoms with Gasteiger partial charge in [0.05, 0.1) is 22.5 Å². The highest BCUT2D eigenvalue weighted by atomic mass is 32.2. The van der Waals surface area contributed by atoms with Crippen LogP contribution in [0.2, 0.25) is 0 Å². The van der Waals surface area contributed by atoms with Gasteiger partial charge in [0.15, 0.2) is 0 Å². The summed E-state index contributed by atoms with van der Waals surface area (Å²) in [5.41, 5.74) is 2.13. The van der Waals surface area contributed by atoms with Crippen molar-refractivity contribution in [1.29, 1.82) is 0 Å². The molecule has 3 rings (SSSR count). The topological polar surface area (TPSA) is 95.2 Å². The van der Waals surface area contributed by atoms with Crippen LogP contribution in [0, 0.1) is 0 Å². The van der Waals surface area contributed by atoms with E-state index in [4.69, 9.17) is 0 Å². The predicted molar refractivity (Wildman–Crippen MR) is 94.6 cm³/mol. The largest absolute Gasteiger partial charge is 0.345 e. The number of sulfonamides is 1. The Hall–Kier alpha value is -2.71. The van der Waals surface area contributed by atoms with Crippen LogP contribution in [0.4, 0.5) is 0 Å². The molecule has 25 heavy (non-hydrogen) atoms. The molecule has 1 heterocycles. The first kappa shape index (κ1) is 17.1. The Morgan fingerprint density at radius 2 is 1.80 bits per heavy atom. The lowest BCUT2D eigenvalue weighted by molar-refractivity contribution is 0.0950. The molecule has 3 aromatic rings. The summed E-state index contributed by atoms with van der Waals surface area (Å²) < 4.78 is 25.2. The molecule has 2 aromatic carbocycles. The number of aromatic amines is 1. The van der Waals surface area contributed by atoms with Gasteiger partial charge >= 0.3 is 0 Å². The maximum absolute atomic E-state index is 12.2. The van der Waals surface area contributed by atoms with Crippen molar-refractivity contribution in [2.75, 3.05) is 14.1 Å². The minimum Gasteiger partial charge on any atom is -0.345 e. The van der Waals surface area contributed by atoms with Crippen LogP contribution in [-0.2, 0) is 16.6 Å². The van der Waals surface area contributed by atoms with Gasteiger partial charge < -0.3 is 10.3 Å². The Morgan fingerprint density at radius 3 is 2.44 bits per heavy atom. The Labute approximate surface area is 145 Å². The van der Waals surface area contributed by atoms with Gasteiger partial charge in [0.25, 0.3) is 5.91 Å². The number of H-pyrrole nitrogens is 1. The third-order valence-corrected chi connectivity index (χ3v) is 5.58. The standard InChI is InChI=1S/C17H18N4O3S/c1-21(2)25(23,24)13-9-7-12(8-10-13)17(22)18-11-16-19-14-5-3-4-6-15(14)20-16/h3-10H,11H2,1-2H3,(H,18,22)(H,19,20). The fourth-order valence-corrected chi connectivity index (χ4v) is 3.25. The van der Waals surface area contributed by atoms with E-state index in [2.05, 4.69) is 15.3 Å². The van der Waals surface area contributed by atoms with E-state index >= 15 is 0 Å². The molecule has 0 aliphatic heterocycles. The molecule has 0 unspecified atom stereocenters. The summed E-state index contributed by atoms with van der Waals surface area (Å²) >= 11 is 0. The predicted octanol–water partition coefficient (Wildman–Crippen LogP) is 1.74. The molecule has 0 spiro atoms. The number of hydrogen-bond acceptors (Lipinski definition) is 4. The maximum atomic E-state index is 12.2. The van der Waals surface area contributed by atoms with Crippen LogP contribution in [0.25, 0.3) is 11.0 Å². The number of fused-ring (bicyclic) bond motifs is 1. The first-order chi connectivity index (χ1) is 11.9. The smallest absolute Gasteiger partial charge is 0.251 e. The lowest BCUT2D eigenvalue weighted by Gasteiger charge is -2.11. The highest BCUT2D eigenvalue weighted by Crippen LogP contribution is 2.14. The third-order valence-electron chi connectivity index (χ3n) is 3.75. The molecule has 0 saturated carbocycles. The number of carbonyl (C=O) groups is 1. The zero-order valence-corrected chi connectivity index (χ0v) is 14.7. The van der Waals surface area contributed by atoms with E-state index < -0.39 is 10.0 Å². The lowest BCUT2D eigenvalue weighted by atomic mass is 10.2. The number of benzene rings is 2. The summed E-state index contributed by atoms with van der Waals surface area (Å²) in [6.45, 7) is 0.255. The number of nitrogens with zero attached hydrogens (tertiary/aromatic N) is 2. The van der Waals surface area contributed by atoms with Gasteiger partial charge in [-0.3, -0.25) is 4.79 Å². The Bertz CT molecular complexity index is 975. The van der Waals surface area contributed by atoms with E-state index in [1.807, 2.05) is 24.3 Å². The number of hydrogen-bond donors (Lipinski definition) is 2. The van der Waals surface area contributed by atoms with Crippen LogP contribution in [0.5, 0.6) is 0 Å².